The molecule has 90 valence electrons. The van der Waals surface area contributed by atoms with Crippen molar-refractivity contribution in [3.8, 4) is 6.07 Å². The van der Waals surface area contributed by atoms with Gasteiger partial charge in [0, 0.05) is 16.6 Å². The van der Waals surface area contributed by atoms with Crippen LogP contribution < -0.4 is 5.32 Å². The fourth-order valence-corrected chi connectivity index (χ4v) is 1.58. The van der Waals surface area contributed by atoms with Crippen molar-refractivity contribution < 1.29 is 4.79 Å². The topological polar surface area (TPSA) is 52.9 Å². The number of carbonyl (C=O) groups is 1. The van der Waals surface area contributed by atoms with Crippen LogP contribution in [0.3, 0.4) is 0 Å². The van der Waals surface area contributed by atoms with Crippen LogP contribution in [-0.4, -0.2) is 11.9 Å². The van der Waals surface area contributed by atoms with Crippen molar-refractivity contribution in [3.63, 3.8) is 0 Å². The smallest absolute Gasteiger partial charge is 0.251 e. The number of nitrogens with one attached hydrogen (secondary N) is 1. The summed E-state index contributed by atoms with van der Waals surface area (Å²) in [5, 5.41) is 12.1. The van der Waals surface area contributed by atoms with E-state index in [-0.39, 0.29) is 11.9 Å². The van der Waals surface area contributed by atoms with Gasteiger partial charge in [-0.3, -0.25) is 4.79 Å². The second-order valence-corrected chi connectivity index (χ2v) is 4.31. The van der Waals surface area contributed by atoms with Gasteiger partial charge in [0.05, 0.1) is 12.5 Å². The highest BCUT2D eigenvalue weighted by Crippen LogP contribution is 2.16. The van der Waals surface area contributed by atoms with E-state index in [1.807, 2.05) is 13.8 Å². The molecule has 1 aromatic rings. The maximum Gasteiger partial charge on any atom is 0.251 e. The molecular formula is C13H15ClN2O. The lowest BCUT2D eigenvalue weighted by atomic mass is 10.1. The van der Waals surface area contributed by atoms with Crippen LogP contribution >= 0.6 is 11.6 Å². The molecule has 0 aromatic heterocycles. The van der Waals surface area contributed by atoms with Gasteiger partial charge in [-0.15, -0.1) is 0 Å². The number of halogens is 1. The van der Waals surface area contributed by atoms with E-state index >= 15 is 0 Å². The summed E-state index contributed by atoms with van der Waals surface area (Å²) >= 11 is 5.89. The first-order valence-corrected chi connectivity index (χ1v) is 5.90. The molecule has 1 atom stereocenters. The molecule has 0 radical (unpaired) electrons. The van der Waals surface area contributed by atoms with Gasteiger partial charge in [0.2, 0.25) is 0 Å². The van der Waals surface area contributed by atoms with Crippen molar-refractivity contribution in [2.45, 2.75) is 32.7 Å². The zero-order chi connectivity index (χ0) is 12.8. The maximum atomic E-state index is 11.9. The van der Waals surface area contributed by atoms with Gasteiger partial charge in [0.1, 0.15) is 0 Å². The van der Waals surface area contributed by atoms with Crippen LogP contribution in [0.4, 0.5) is 0 Å². The number of benzene rings is 1. The summed E-state index contributed by atoms with van der Waals surface area (Å²) < 4.78 is 0. The second kappa shape index (κ2) is 6.27. The van der Waals surface area contributed by atoms with E-state index in [2.05, 4.69) is 11.4 Å². The highest BCUT2D eigenvalue weighted by molar-refractivity contribution is 6.31. The van der Waals surface area contributed by atoms with Gasteiger partial charge in [0.15, 0.2) is 0 Å². The minimum Gasteiger partial charge on any atom is -0.348 e. The first-order valence-electron chi connectivity index (χ1n) is 5.52. The summed E-state index contributed by atoms with van der Waals surface area (Å²) in [6.45, 7) is 3.79. The van der Waals surface area contributed by atoms with Crippen molar-refractivity contribution in [3.05, 3.63) is 34.3 Å². The molecule has 1 aromatic carbocycles. The average Bonchev–Trinajstić information content (AvgIpc) is 2.31. The number of hydrogen-bond donors (Lipinski definition) is 1. The van der Waals surface area contributed by atoms with Crippen molar-refractivity contribution in [1.29, 1.82) is 5.26 Å². The number of nitriles is 1. The maximum absolute atomic E-state index is 11.9. The summed E-state index contributed by atoms with van der Waals surface area (Å²) in [6, 6.07) is 7.10. The molecule has 0 bridgehead atoms. The zero-order valence-corrected chi connectivity index (χ0v) is 10.7. The molecule has 0 heterocycles. The lowest BCUT2D eigenvalue weighted by Crippen LogP contribution is -2.34. The summed E-state index contributed by atoms with van der Waals surface area (Å²) in [5.41, 5.74) is 1.44. The molecule has 1 amide bonds. The van der Waals surface area contributed by atoms with E-state index in [1.165, 1.54) is 0 Å². The SMILES string of the molecule is CCC(CC#N)NC(=O)c1ccc(Cl)c(C)c1. The molecule has 0 spiro atoms. The minimum absolute atomic E-state index is 0.0940. The average molecular weight is 251 g/mol. The van der Waals surface area contributed by atoms with Gasteiger partial charge in [-0.05, 0) is 37.1 Å². The van der Waals surface area contributed by atoms with Crippen LogP contribution in [0.15, 0.2) is 18.2 Å². The molecule has 1 unspecified atom stereocenters. The zero-order valence-electron chi connectivity index (χ0n) is 9.96. The Morgan fingerprint density at radius 2 is 2.29 bits per heavy atom. The van der Waals surface area contributed by atoms with E-state index in [9.17, 15) is 4.79 Å². The molecule has 17 heavy (non-hydrogen) atoms. The number of rotatable bonds is 4. The Bertz CT molecular complexity index is 451. The molecule has 0 saturated carbocycles. The van der Waals surface area contributed by atoms with Gasteiger partial charge in [-0.25, -0.2) is 0 Å². The van der Waals surface area contributed by atoms with Gasteiger partial charge in [-0.2, -0.15) is 5.26 Å². The molecule has 0 aliphatic carbocycles. The van der Waals surface area contributed by atoms with E-state index in [0.717, 1.165) is 12.0 Å². The first kappa shape index (κ1) is 13.5. The number of nitrogens with zero attached hydrogens (tertiary/aromatic N) is 1. The molecule has 4 heteroatoms. The quantitative estimate of drug-likeness (QED) is 0.893. The lowest BCUT2D eigenvalue weighted by Gasteiger charge is -2.13. The van der Waals surface area contributed by atoms with Crippen molar-refractivity contribution in [2.75, 3.05) is 0 Å². The fraction of sp³-hybridized carbons (Fsp3) is 0.385. The number of amides is 1. The molecule has 3 nitrogen and oxygen atoms in total. The van der Waals surface area contributed by atoms with Crippen molar-refractivity contribution >= 4 is 17.5 Å². The Hall–Kier alpha value is -1.53. The van der Waals surface area contributed by atoms with E-state index in [1.54, 1.807) is 18.2 Å². The Morgan fingerprint density at radius 3 is 2.82 bits per heavy atom. The molecular weight excluding hydrogens is 236 g/mol. The Kier molecular flexibility index (Phi) is 4.99. The van der Waals surface area contributed by atoms with Crippen LogP contribution in [-0.2, 0) is 0 Å². The van der Waals surface area contributed by atoms with E-state index in [4.69, 9.17) is 16.9 Å². The van der Waals surface area contributed by atoms with Crippen LogP contribution in [0.1, 0.15) is 35.7 Å². The fourth-order valence-electron chi connectivity index (χ4n) is 1.46. The summed E-state index contributed by atoms with van der Waals surface area (Å²) in [6.07, 6.45) is 1.07. The van der Waals surface area contributed by atoms with Crippen molar-refractivity contribution in [1.82, 2.24) is 5.32 Å². The molecule has 0 aliphatic heterocycles. The molecule has 1 N–H and O–H groups in total. The summed E-state index contributed by atoms with van der Waals surface area (Å²) in [4.78, 5) is 11.9. The van der Waals surface area contributed by atoms with Crippen LogP contribution in [0.2, 0.25) is 5.02 Å². The molecule has 0 saturated heterocycles. The van der Waals surface area contributed by atoms with Gasteiger partial charge < -0.3 is 5.32 Å². The van der Waals surface area contributed by atoms with Crippen LogP contribution in [0, 0.1) is 18.3 Å². The van der Waals surface area contributed by atoms with E-state index in [0.29, 0.717) is 17.0 Å². The largest absolute Gasteiger partial charge is 0.348 e. The minimum atomic E-state index is -0.160. The Morgan fingerprint density at radius 1 is 1.59 bits per heavy atom. The second-order valence-electron chi connectivity index (χ2n) is 3.90. The predicted octanol–water partition coefficient (Wildman–Crippen LogP) is 3.07. The highest BCUT2D eigenvalue weighted by Gasteiger charge is 2.12. The number of carbonyl (C=O) groups excluding carboxylic acids is 1. The van der Waals surface area contributed by atoms with E-state index < -0.39 is 0 Å². The number of aryl methyl sites for hydroxylation is 1. The van der Waals surface area contributed by atoms with Crippen LogP contribution in [0.5, 0.6) is 0 Å². The molecule has 1 rings (SSSR count). The monoisotopic (exact) mass is 250 g/mol. The Balaban J connectivity index is 2.76. The first-order chi connectivity index (χ1) is 8.08. The summed E-state index contributed by atoms with van der Waals surface area (Å²) in [7, 11) is 0. The van der Waals surface area contributed by atoms with Gasteiger partial charge in [-0.1, -0.05) is 18.5 Å². The molecule has 0 aliphatic rings. The Labute approximate surface area is 106 Å². The summed E-state index contributed by atoms with van der Waals surface area (Å²) in [5.74, 6) is -0.160. The predicted molar refractivity (Wildman–Crippen MR) is 68.0 cm³/mol. The standard InChI is InChI=1S/C13H15ClN2O/c1-3-11(6-7-15)16-13(17)10-4-5-12(14)9(2)8-10/h4-5,8,11H,3,6H2,1-2H3,(H,16,17). The normalized spacial score (nSPS) is 11.6. The lowest BCUT2D eigenvalue weighted by molar-refractivity contribution is 0.0936. The van der Waals surface area contributed by atoms with Gasteiger partial charge in [0.25, 0.3) is 5.91 Å². The number of hydrogen-bond acceptors (Lipinski definition) is 2. The van der Waals surface area contributed by atoms with Gasteiger partial charge >= 0.3 is 0 Å². The highest BCUT2D eigenvalue weighted by atomic mass is 35.5. The van der Waals surface area contributed by atoms with Crippen LogP contribution in [0.25, 0.3) is 0 Å². The third kappa shape index (κ3) is 3.76. The van der Waals surface area contributed by atoms with Crippen molar-refractivity contribution in [2.24, 2.45) is 0 Å². The third-order valence-corrected chi connectivity index (χ3v) is 3.01. The third-order valence-electron chi connectivity index (χ3n) is 2.59. The molecule has 0 fully saturated rings.